The van der Waals surface area contributed by atoms with E-state index in [1.807, 2.05) is 0 Å². The first-order valence-electron chi connectivity index (χ1n) is 4.50. The molecule has 3 nitrogen and oxygen atoms in total. The minimum atomic E-state index is -0.593. The van der Waals surface area contributed by atoms with Crippen molar-refractivity contribution in [1.29, 1.82) is 0 Å². The van der Waals surface area contributed by atoms with E-state index in [4.69, 9.17) is 36.7 Å². The van der Waals surface area contributed by atoms with Crippen molar-refractivity contribution in [1.82, 2.24) is 5.32 Å². The van der Waals surface area contributed by atoms with E-state index in [1.165, 1.54) is 0 Å². The second-order valence-electron chi connectivity index (χ2n) is 3.21. The summed E-state index contributed by atoms with van der Waals surface area (Å²) in [6.07, 6.45) is 0.804. The van der Waals surface area contributed by atoms with E-state index in [1.54, 1.807) is 0 Å². The van der Waals surface area contributed by atoms with Gasteiger partial charge in [0.15, 0.2) is 0 Å². The number of nitrogens with two attached hydrogens (primary N) is 1. The quantitative estimate of drug-likeness (QED) is 0.442. The van der Waals surface area contributed by atoms with Crippen LogP contribution in [0, 0.1) is 0 Å². The maximum absolute atomic E-state index is 10.4. The van der Waals surface area contributed by atoms with Gasteiger partial charge in [-0.2, -0.15) is 0 Å². The zero-order chi connectivity index (χ0) is 11.1. The number of hydrogen-bond acceptors (Lipinski definition) is 2. The molecule has 1 fully saturated rings. The highest BCUT2D eigenvalue weighted by Crippen LogP contribution is 2.02. The first kappa shape index (κ1) is 13.8. The average Bonchev–Trinajstić information content (AvgIpc) is 2.56. The molecule has 14 heavy (non-hydrogen) atoms. The Balaban J connectivity index is 0.000000255. The fraction of sp³-hybridized carbons (Fsp3) is 0.800. The van der Waals surface area contributed by atoms with Gasteiger partial charge in [0.2, 0.25) is 5.91 Å². The Kier molecular flexibility index (Phi) is 7.06. The normalized spacial score (nSPS) is 19.3. The molecule has 0 aromatic heterocycles. The van der Waals surface area contributed by atoms with Crippen molar-refractivity contribution >= 4 is 49.6 Å². The summed E-state index contributed by atoms with van der Waals surface area (Å²) in [7, 11) is 19.9. The summed E-state index contributed by atoms with van der Waals surface area (Å²) in [5.41, 5.74) is 5.00. The van der Waals surface area contributed by atoms with E-state index >= 15 is 0 Å². The molecule has 1 atom stereocenters. The van der Waals surface area contributed by atoms with Gasteiger partial charge in [-0.1, -0.05) is 0 Å². The van der Waals surface area contributed by atoms with Crippen LogP contribution in [0.25, 0.3) is 0 Å². The Morgan fingerprint density at radius 3 is 1.93 bits per heavy atom. The fourth-order valence-electron chi connectivity index (χ4n) is 0.927. The maximum atomic E-state index is 10.4. The summed E-state index contributed by atoms with van der Waals surface area (Å²) in [4.78, 5) is 10.4. The van der Waals surface area contributed by atoms with Gasteiger partial charge in [0.1, 0.15) is 0 Å². The minimum Gasteiger partial charge on any atom is -0.368 e. The second kappa shape index (κ2) is 7.16. The van der Waals surface area contributed by atoms with Crippen molar-refractivity contribution in [2.24, 2.45) is 5.73 Å². The lowest BCUT2D eigenvalue weighted by Gasteiger charge is -2.01. The molecule has 1 heterocycles. The summed E-state index contributed by atoms with van der Waals surface area (Å²) >= 11 is 0. The molecule has 9 heteroatoms. The van der Waals surface area contributed by atoms with Gasteiger partial charge >= 0.3 is 0 Å². The van der Waals surface area contributed by atoms with E-state index in [2.05, 4.69) is 5.32 Å². The Labute approximate surface area is 91.4 Å². The first-order chi connectivity index (χ1) is 6.45. The van der Waals surface area contributed by atoms with E-state index in [-0.39, 0.29) is 11.9 Å². The molecule has 0 aliphatic carbocycles. The summed E-state index contributed by atoms with van der Waals surface area (Å²) in [6, 6.07) is -0.0463. The SMILES string of the molecule is NC(=O)C1CCCN1.[B]B([B])B([B])[B]. The molecule has 1 saturated heterocycles. The van der Waals surface area contributed by atoms with Crippen LogP contribution >= 0.6 is 0 Å². The molecule has 64 valence electrons. The Hall–Kier alpha value is -0.180. The Morgan fingerprint density at radius 2 is 1.79 bits per heavy atom. The van der Waals surface area contributed by atoms with Crippen LogP contribution in [0.3, 0.4) is 0 Å². The molecule has 1 aliphatic heterocycles. The predicted octanol–water partition coefficient (Wildman–Crippen LogP) is -3.06. The van der Waals surface area contributed by atoms with E-state index in [9.17, 15) is 4.79 Å². The fourth-order valence-corrected chi connectivity index (χ4v) is 0.927. The average molecular weight is 179 g/mol. The van der Waals surface area contributed by atoms with Gasteiger partial charge in [0.25, 0.3) is 0 Å². The molecule has 0 spiro atoms. The number of rotatable bonds is 2. The summed E-state index contributed by atoms with van der Waals surface area (Å²) in [5, 5.41) is 2.98. The minimum absolute atomic E-state index is 0.0463. The summed E-state index contributed by atoms with van der Waals surface area (Å²) in [5.74, 6) is -0.220. The van der Waals surface area contributed by atoms with E-state index in [0.717, 1.165) is 19.4 Å². The number of amides is 1. The van der Waals surface area contributed by atoms with Crippen molar-refractivity contribution in [2.75, 3.05) is 6.54 Å². The topological polar surface area (TPSA) is 55.1 Å². The molecule has 1 unspecified atom stereocenters. The number of primary amides is 1. The third kappa shape index (κ3) is 6.30. The lowest BCUT2D eigenvalue weighted by molar-refractivity contribution is -0.119. The largest absolute Gasteiger partial charge is 0.368 e. The highest BCUT2D eigenvalue weighted by molar-refractivity contribution is 7.76. The van der Waals surface area contributed by atoms with Gasteiger partial charge in [-0.3, -0.25) is 4.79 Å². The van der Waals surface area contributed by atoms with Crippen molar-refractivity contribution < 1.29 is 4.79 Å². The lowest BCUT2D eigenvalue weighted by Crippen LogP contribution is -2.38. The molecule has 0 aromatic carbocycles. The zero-order valence-corrected chi connectivity index (χ0v) is 8.15. The van der Waals surface area contributed by atoms with Crippen LogP contribution in [0.5, 0.6) is 0 Å². The molecular weight excluding hydrogens is 169 g/mol. The number of carbonyl (C=O) groups excluding carboxylic acids is 1. The van der Waals surface area contributed by atoms with Gasteiger partial charge in [-0.05, 0) is 19.4 Å². The van der Waals surface area contributed by atoms with Gasteiger partial charge in [-0.25, -0.2) is 0 Å². The first-order valence-corrected chi connectivity index (χ1v) is 4.50. The van der Waals surface area contributed by atoms with Crippen molar-refractivity contribution in [3.63, 3.8) is 0 Å². The van der Waals surface area contributed by atoms with Gasteiger partial charge in [-0.15, -0.1) is 0 Å². The van der Waals surface area contributed by atoms with Gasteiger partial charge in [0, 0.05) is 43.7 Å². The van der Waals surface area contributed by atoms with Crippen molar-refractivity contribution in [3.8, 4) is 0 Å². The Morgan fingerprint density at radius 1 is 1.29 bits per heavy atom. The standard InChI is InChI=1S/C5H10N2O.B6/c6-5(8)4-2-1-3-7-4;1-5(2)6(3)4/h4,7H,1-3H2,(H2,6,8);. The second-order valence-corrected chi connectivity index (χ2v) is 3.21. The van der Waals surface area contributed by atoms with E-state index < -0.39 is 12.8 Å². The zero-order valence-electron chi connectivity index (χ0n) is 8.15. The molecule has 1 rings (SSSR count). The van der Waals surface area contributed by atoms with Crippen LogP contribution in [-0.4, -0.2) is 62.2 Å². The number of hydrogen-bond donors (Lipinski definition) is 2. The monoisotopic (exact) mass is 180 g/mol. The molecule has 1 aliphatic rings. The lowest BCUT2D eigenvalue weighted by atomic mass is 8.81. The Bertz CT molecular complexity index is 166. The van der Waals surface area contributed by atoms with Crippen LogP contribution in [0.15, 0.2) is 0 Å². The third-order valence-electron chi connectivity index (χ3n) is 1.85. The molecule has 0 saturated carbocycles. The highest BCUT2D eigenvalue weighted by atomic mass is 16.1. The van der Waals surface area contributed by atoms with Crippen molar-refractivity contribution in [2.45, 2.75) is 18.9 Å². The van der Waals surface area contributed by atoms with Crippen LogP contribution in [-0.2, 0) is 4.79 Å². The highest BCUT2D eigenvalue weighted by Gasteiger charge is 2.18. The van der Waals surface area contributed by atoms with Crippen LogP contribution in [0.1, 0.15) is 12.8 Å². The van der Waals surface area contributed by atoms with Crippen LogP contribution < -0.4 is 11.1 Å². The summed E-state index contributed by atoms with van der Waals surface area (Å²) < 4.78 is 0. The van der Waals surface area contributed by atoms with E-state index in [0.29, 0.717) is 0 Å². The number of carbonyl (C=O) groups is 1. The van der Waals surface area contributed by atoms with Crippen molar-refractivity contribution in [3.05, 3.63) is 0 Å². The van der Waals surface area contributed by atoms with Crippen LogP contribution in [0.4, 0.5) is 0 Å². The molecule has 3 N–H and O–H groups in total. The van der Waals surface area contributed by atoms with Gasteiger partial charge < -0.3 is 11.1 Å². The number of nitrogens with one attached hydrogen (secondary N) is 1. The third-order valence-corrected chi connectivity index (χ3v) is 1.85. The maximum Gasteiger partial charge on any atom is 0.234 e. The summed E-state index contributed by atoms with van der Waals surface area (Å²) in [6.45, 7) is 0.938. The molecule has 8 radical (unpaired) electrons. The predicted molar refractivity (Wildman–Crippen MR) is 64.7 cm³/mol. The van der Waals surface area contributed by atoms with Gasteiger partial charge in [0.05, 0.1) is 6.04 Å². The molecule has 1 amide bonds. The molecular formula is C5H10B6N2O. The molecule has 0 bridgehead atoms. The smallest absolute Gasteiger partial charge is 0.234 e. The van der Waals surface area contributed by atoms with Crippen LogP contribution in [0.2, 0.25) is 0 Å². The molecule has 0 aromatic rings.